The van der Waals surface area contributed by atoms with Crippen LogP contribution in [0.4, 0.5) is 5.00 Å². The number of carbonyl (C=O) groups is 2. The van der Waals surface area contributed by atoms with E-state index >= 15 is 0 Å². The smallest absolute Gasteiger partial charge is 0.340 e. The van der Waals surface area contributed by atoms with E-state index in [0.29, 0.717) is 16.5 Å². The Morgan fingerprint density at radius 1 is 1.48 bits per heavy atom. The van der Waals surface area contributed by atoms with Gasteiger partial charge in [-0.15, -0.1) is 21.5 Å². The van der Waals surface area contributed by atoms with Crippen LogP contribution in [0.25, 0.3) is 0 Å². The lowest BCUT2D eigenvalue weighted by Gasteiger charge is -2.05. The molecule has 2 aromatic rings. The van der Waals surface area contributed by atoms with Crippen LogP contribution in [-0.4, -0.2) is 39.5 Å². The van der Waals surface area contributed by atoms with Gasteiger partial charge in [0.25, 0.3) is 0 Å². The number of anilines is 1. The molecule has 1 fully saturated rings. The number of nitrogens with zero attached hydrogens (tertiary/aromatic N) is 3. The highest BCUT2D eigenvalue weighted by Gasteiger charge is 2.29. The van der Waals surface area contributed by atoms with Crippen LogP contribution in [0.5, 0.6) is 0 Å². The van der Waals surface area contributed by atoms with E-state index in [0.717, 1.165) is 23.8 Å². The molecule has 0 unspecified atom stereocenters. The minimum Gasteiger partial charge on any atom is -0.465 e. The highest BCUT2D eigenvalue weighted by atomic mass is 32.2. The first kappa shape index (κ1) is 16.0. The molecule has 1 aliphatic carbocycles. The summed E-state index contributed by atoms with van der Waals surface area (Å²) in [6.07, 6.45) is 2.32. The number of amides is 1. The van der Waals surface area contributed by atoms with Crippen molar-refractivity contribution in [2.24, 2.45) is 7.05 Å². The third-order valence-electron chi connectivity index (χ3n) is 3.47. The van der Waals surface area contributed by atoms with Crippen molar-refractivity contribution in [1.82, 2.24) is 14.8 Å². The largest absolute Gasteiger partial charge is 0.465 e. The van der Waals surface area contributed by atoms with Crippen molar-refractivity contribution in [2.75, 3.05) is 18.2 Å². The zero-order valence-corrected chi connectivity index (χ0v) is 14.4. The van der Waals surface area contributed by atoms with Crippen molar-refractivity contribution in [3.8, 4) is 0 Å². The topological polar surface area (TPSA) is 86.1 Å². The molecule has 1 saturated carbocycles. The van der Waals surface area contributed by atoms with Crippen LogP contribution in [0.3, 0.4) is 0 Å². The SMILES string of the molecule is COC(=O)c1ccsc1NC(=O)CSc1nnc(C2CC2)n1C. The monoisotopic (exact) mass is 352 g/mol. The van der Waals surface area contributed by atoms with Gasteiger partial charge in [0.15, 0.2) is 5.16 Å². The van der Waals surface area contributed by atoms with Gasteiger partial charge in [-0.3, -0.25) is 4.79 Å². The van der Waals surface area contributed by atoms with E-state index in [1.165, 1.54) is 30.2 Å². The predicted molar refractivity (Wildman–Crippen MR) is 88.0 cm³/mol. The molecule has 2 aromatic heterocycles. The van der Waals surface area contributed by atoms with Gasteiger partial charge >= 0.3 is 5.97 Å². The van der Waals surface area contributed by atoms with E-state index < -0.39 is 5.97 Å². The molecule has 23 heavy (non-hydrogen) atoms. The quantitative estimate of drug-likeness (QED) is 0.634. The zero-order chi connectivity index (χ0) is 16.4. The van der Waals surface area contributed by atoms with Gasteiger partial charge in [-0.2, -0.15) is 0 Å². The van der Waals surface area contributed by atoms with Crippen LogP contribution in [0.2, 0.25) is 0 Å². The summed E-state index contributed by atoms with van der Waals surface area (Å²) in [7, 11) is 3.23. The predicted octanol–water partition coefficient (Wildman–Crippen LogP) is 2.27. The fourth-order valence-electron chi connectivity index (χ4n) is 2.12. The maximum absolute atomic E-state index is 12.1. The van der Waals surface area contributed by atoms with Gasteiger partial charge in [-0.25, -0.2) is 4.79 Å². The Labute approximate surface area is 141 Å². The molecule has 1 amide bonds. The number of esters is 1. The number of methoxy groups -OCH3 is 1. The van der Waals surface area contributed by atoms with Crippen molar-refractivity contribution < 1.29 is 14.3 Å². The van der Waals surface area contributed by atoms with Crippen molar-refractivity contribution in [1.29, 1.82) is 0 Å². The molecule has 3 rings (SSSR count). The first-order chi connectivity index (χ1) is 11.1. The van der Waals surface area contributed by atoms with Gasteiger partial charge in [-0.1, -0.05) is 11.8 Å². The lowest BCUT2D eigenvalue weighted by atomic mass is 10.3. The Hall–Kier alpha value is -1.87. The molecule has 0 atom stereocenters. The highest BCUT2D eigenvalue weighted by molar-refractivity contribution is 7.99. The molecule has 122 valence electrons. The summed E-state index contributed by atoms with van der Waals surface area (Å²) in [6.45, 7) is 0. The normalized spacial score (nSPS) is 13.8. The number of thioether (sulfide) groups is 1. The number of nitrogens with one attached hydrogen (secondary N) is 1. The second-order valence-electron chi connectivity index (χ2n) is 5.17. The van der Waals surface area contributed by atoms with Gasteiger partial charge < -0.3 is 14.6 Å². The van der Waals surface area contributed by atoms with Gasteiger partial charge in [0.1, 0.15) is 10.8 Å². The molecular formula is C14H16N4O3S2. The van der Waals surface area contributed by atoms with Crippen molar-refractivity contribution in [2.45, 2.75) is 23.9 Å². The molecule has 0 aliphatic heterocycles. The van der Waals surface area contributed by atoms with Crippen LogP contribution in [0.15, 0.2) is 16.6 Å². The maximum Gasteiger partial charge on any atom is 0.340 e. The Morgan fingerprint density at radius 3 is 2.96 bits per heavy atom. The molecule has 0 radical (unpaired) electrons. The van der Waals surface area contributed by atoms with E-state index in [1.807, 2.05) is 11.6 Å². The lowest BCUT2D eigenvalue weighted by molar-refractivity contribution is -0.113. The van der Waals surface area contributed by atoms with Crippen LogP contribution in [-0.2, 0) is 16.6 Å². The van der Waals surface area contributed by atoms with Crippen LogP contribution >= 0.6 is 23.1 Å². The Bertz CT molecular complexity index is 736. The lowest BCUT2D eigenvalue weighted by Crippen LogP contribution is -2.16. The number of thiophene rings is 1. The van der Waals surface area contributed by atoms with Crippen molar-refractivity contribution in [3.05, 3.63) is 22.8 Å². The summed E-state index contributed by atoms with van der Waals surface area (Å²) in [5.41, 5.74) is 0.366. The Balaban J connectivity index is 1.58. The first-order valence-corrected chi connectivity index (χ1v) is 8.94. The van der Waals surface area contributed by atoms with Gasteiger partial charge in [0, 0.05) is 13.0 Å². The fraction of sp³-hybridized carbons (Fsp3) is 0.429. The molecule has 0 saturated heterocycles. The standard InChI is InChI=1S/C14H16N4O3S2/c1-18-11(8-3-4-8)16-17-14(18)23-7-10(19)15-12-9(5-6-22-12)13(20)21-2/h5-6,8H,3-4,7H2,1-2H3,(H,15,19). The van der Waals surface area contributed by atoms with E-state index in [2.05, 4.69) is 20.3 Å². The van der Waals surface area contributed by atoms with E-state index in [1.54, 1.807) is 11.4 Å². The number of ether oxygens (including phenoxy) is 1. The summed E-state index contributed by atoms with van der Waals surface area (Å²) in [4.78, 5) is 23.7. The Morgan fingerprint density at radius 2 is 2.26 bits per heavy atom. The number of rotatable bonds is 6. The highest BCUT2D eigenvalue weighted by Crippen LogP contribution is 2.39. The number of aromatic nitrogens is 3. The maximum atomic E-state index is 12.1. The molecule has 2 heterocycles. The third-order valence-corrected chi connectivity index (χ3v) is 5.32. The minimum atomic E-state index is -0.462. The average Bonchev–Trinajstić information content (AvgIpc) is 3.17. The van der Waals surface area contributed by atoms with Gasteiger partial charge in [0.2, 0.25) is 5.91 Å². The molecular weight excluding hydrogens is 336 g/mol. The van der Waals surface area contributed by atoms with Crippen molar-refractivity contribution >= 4 is 40.0 Å². The summed E-state index contributed by atoms with van der Waals surface area (Å²) in [6, 6.07) is 1.63. The molecule has 0 spiro atoms. The summed E-state index contributed by atoms with van der Waals surface area (Å²) in [5.74, 6) is 1.05. The second-order valence-corrected chi connectivity index (χ2v) is 7.02. The summed E-state index contributed by atoms with van der Waals surface area (Å²) >= 11 is 2.62. The Kier molecular flexibility index (Phi) is 4.67. The minimum absolute atomic E-state index is 0.196. The number of carbonyl (C=O) groups excluding carboxylic acids is 2. The van der Waals surface area contributed by atoms with Crippen LogP contribution in [0.1, 0.15) is 34.9 Å². The fourth-order valence-corrected chi connectivity index (χ4v) is 3.63. The number of hydrogen-bond acceptors (Lipinski definition) is 7. The van der Waals surface area contributed by atoms with Crippen molar-refractivity contribution in [3.63, 3.8) is 0 Å². The molecule has 1 aliphatic rings. The summed E-state index contributed by atoms with van der Waals surface area (Å²) < 4.78 is 6.63. The van der Waals surface area contributed by atoms with Crippen LogP contribution in [0, 0.1) is 0 Å². The second kappa shape index (κ2) is 6.71. The van der Waals surface area contributed by atoms with Gasteiger partial charge in [0.05, 0.1) is 18.4 Å². The third kappa shape index (κ3) is 3.56. The van der Waals surface area contributed by atoms with E-state index in [9.17, 15) is 9.59 Å². The summed E-state index contributed by atoms with van der Waals surface area (Å²) in [5, 5.41) is 14.0. The first-order valence-electron chi connectivity index (χ1n) is 7.08. The molecule has 0 bridgehead atoms. The molecule has 1 N–H and O–H groups in total. The molecule has 0 aromatic carbocycles. The molecule has 7 nitrogen and oxygen atoms in total. The molecule has 9 heteroatoms. The van der Waals surface area contributed by atoms with Crippen LogP contribution < -0.4 is 5.32 Å². The van der Waals surface area contributed by atoms with E-state index in [4.69, 9.17) is 0 Å². The zero-order valence-electron chi connectivity index (χ0n) is 12.7. The van der Waals surface area contributed by atoms with E-state index in [-0.39, 0.29) is 11.7 Å². The van der Waals surface area contributed by atoms with Gasteiger partial charge in [-0.05, 0) is 24.3 Å². The number of hydrogen-bond donors (Lipinski definition) is 1. The average molecular weight is 352 g/mol.